The molecule has 0 atom stereocenters. The van der Waals surface area contributed by atoms with Crippen molar-refractivity contribution >= 4 is 57.1 Å². The van der Waals surface area contributed by atoms with E-state index in [1.165, 1.54) is 11.3 Å². The fourth-order valence-electron chi connectivity index (χ4n) is 1.74. The Balaban J connectivity index is 1.62. The van der Waals surface area contributed by atoms with E-state index in [4.69, 9.17) is 23.2 Å². The summed E-state index contributed by atoms with van der Waals surface area (Å²) in [6, 6.07) is 15.4. The van der Waals surface area contributed by atoms with Gasteiger partial charge in [-0.1, -0.05) is 70.6 Å². The number of nitrogens with one attached hydrogen (secondary N) is 1. The number of halogens is 2. The number of nitrogens with zero attached hydrogens (tertiary/aromatic N) is 2. The summed E-state index contributed by atoms with van der Waals surface area (Å²) in [6.07, 6.45) is 0. The third-order valence-electron chi connectivity index (χ3n) is 2.80. The van der Waals surface area contributed by atoms with Crippen LogP contribution in [0.25, 0.3) is 0 Å². The molecule has 7 heteroatoms. The second kappa shape index (κ2) is 7.33. The van der Waals surface area contributed by atoms with Gasteiger partial charge in [0.05, 0.1) is 0 Å². The topological polar surface area (TPSA) is 37.8 Å². The molecule has 0 bridgehead atoms. The van der Waals surface area contributed by atoms with Crippen molar-refractivity contribution < 1.29 is 0 Å². The molecular formula is C15H11Cl2N3S2. The Morgan fingerprint density at radius 2 is 1.86 bits per heavy atom. The van der Waals surface area contributed by atoms with E-state index in [1.54, 1.807) is 17.8 Å². The second-order valence-corrected chi connectivity index (χ2v) is 7.43. The molecule has 2 aromatic carbocycles. The van der Waals surface area contributed by atoms with Crippen molar-refractivity contribution in [2.24, 2.45) is 0 Å². The van der Waals surface area contributed by atoms with Crippen LogP contribution >= 0.6 is 46.3 Å². The number of benzene rings is 2. The minimum atomic E-state index is 0.643. The smallest absolute Gasteiger partial charge is 0.210 e. The zero-order valence-corrected chi connectivity index (χ0v) is 14.4. The van der Waals surface area contributed by atoms with Crippen LogP contribution in [0, 0.1) is 0 Å². The van der Waals surface area contributed by atoms with E-state index < -0.39 is 0 Å². The molecule has 3 nitrogen and oxygen atoms in total. The quantitative estimate of drug-likeness (QED) is 0.571. The molecule has 0 spiro atoms. The Morgan fingerprint density at radius 3 is 2.64 bits per heavy atom. The number of thioether (sulfide) groups is 1. The van der Waals surface area contributed by atoms with Crippen LogP contribution in [-0.4, -0.2) is 10.2 Å². The minimum Gasteiger partial charge on any atom is -0.330 e. The van der Waals surface area contributed by atoms with Gasteiger partial charge < -0.3 is 5.32 Å². The molecule has 1 heterocycles. The van der Waals surface area contributed by atoms with E-state index in [1.807, 2.05) is 42.5 Å². The van der Waals surface area contributed by atoms with Crippen LogP contribution in [0.3, 0.4) is 0 Å². The first-order valence-electron chi connectivity index (χ1n) is 6.43. The van der Waals surface area contributed by atoms with Crippen molar-refractivity contribution in [3.63, 3.8) is 0 Å². The second-order valence-electron chi connectivity index (χ2n) is 4.39. The molecular weight excluding hydrogens is 357 g/mol. The summed E-state index contributed by atoms with van der Waals surface area (Å²) >= 11 is 15.2. The van der Waals surface area contributed by atoms with Gasteiger partial charge in [0.25, 0.3) is 0 Å². The van der Waals surface area contributed by atoms with Gasteiger partial charge in [-0.3, -0.25) is 0 Å². The zero-order valence-electron chi connectivity index (χ0n) is 11.3. The van der Waals surface area contributed by atoms with E-state index in [0.29, 0.717) is 10.0 Å². The highest BCUT2D eigenvalue weighted by Gasteiger charge is 2.07. The highest BCUT2D eigenvalue weighted by Crippen LogP contribution is 2.32. The fraction of sp³-hybridized carbons (Fsp3) is 0.0667. The summed E-state index contributed by atoms with van der Waals surface area (Å²) in [7, 11) is 0. The van der Waals surface area contributed by atoms with Crippen LogP contribution in [0.1, 0.15) is 5.56 Å². The summed E-state index contributed by atoms with van der Waals surface area (Å²) in [5.41, 5.74) is 2.03. The number of rotatable bonds is 5. The molecule has 0 fully saturated rings. The predicted octanol–water partition coefficient (Wildman–Crippen LogP) is 5.88. The van der Waals surface area contributed by atoms with Gasteiger partial charge in [0.15, 0.2) is 4.34 Å². The Hall–Kier alpha value is -1.27. The lowest BCUT2D eigenvalue weighted by molar-refractivity contribution is 1.01. The monoisotopic (exact) mass is 367 g/mol. The van der Waals surface area contributed by atoms with Gasteiger partial charge in [-0.15, -0.1) is 10.2 Å². The van der Waals surface area contributed by atoms with Crippen LogP contribution in [-0.2, 0) is 5.75 Å². The molecule has 0 unspecified atom stereocenters. The summed E-state index contributed by atoms with van der Waals surface area (Å²) in [6.45, 7) is 0. The van der Waals surface area contributed by atoms with Crippen LogP contribution < -0.4 is 5.32 Å². The maximum atomic E-state index is 6.17. The lowest BCUT2D eigenvalue weighted by Crippen LogP contribution is -1.87. The van der Waals surface area contributed by atoms with Crippen LogP contribution in [0.4, 0.5) is 10.8 Å². The van der Waals surface area contributed by atoms with E-state index in [2.05, 4.69) is 15.5 Å². The van der Waals surface area contributed by atoms with Gasteiger partial charge in [0.2, 0.25) is 5.13 Å². The first-order chi connectivity index (χ1) is 10.7. The Kier molecular flexibility index (Phi) is 5.20. The molecule has 1 N–H and O–H groups in total. The third-order valence-corrected chi connectivity index (χ3v) is 5.41. The molecule has 3 aromatic rings. The number of hydrogen-bond acceptors (Lipinski definition) is 5. The maximum absolute atomic E-state index is 6.17. The molecule has 1 aromatic heterocycles. The van der Waals surface area contributed by atoms with Gasteiger partial charge in [0.1, 0.15) is 0 Å². The number of anilines is 2. The molecule has 112 valence electrons. The molecule has 0 saturated heterocycles. The SMILES string of the molecule is Clc1ccc(CSc2nnc(Nc3ccccc3)s2)c(Cl)c1. The number of para-hydroxylation sites is 1. The van der Waals surface area contributed by atoms with Gasteiger partial charge in [-0.2, -0.15) is 0 Å². The Labute approximate surface area is 146 Å². The van der Waals surface area contributed by atoms with Crippen molar-refractivity contribution in [2.75, 3.05) is 5.32 Å². The van der Waals surface area contributed by atoms with Crippen molar-refractivity contribution in [3.8, 4) is 0 Å². The predicted molar refractivity (Wildman–Crippen MR) is 95.7 cm³/mol. The van der Waals surface area contributed by atoms with Crippen molar-refractivity contribution in [2.45, 2.75) is 10.1 Å². The highest BCUT2D eigenvalue weighted by molar-refractivity contribution is 8.00. The Bertz CT molecular complexity index is 762. The summed E-state index contributed by atoms with van der Waals surface area (Å²) < 4.78 is 0.893. The van der Waals surface area contributed by atoms with Gasteiger partial charge >= 0.3 is 0 Å². The average Bonchev–Trinajstić information content (AvgIpc) is 2.95. The maximum Gasteiger partial charge on any atom is 0.210 e. The van der Waals surface area contributed by atoms with Crippen LogP contribution in [0.5, 0.6) is 0 Å². The van der Waals surface area contributed by atoms with E-state index in [9.17, 15) is 0 Å². The largest absolute Gasteiger partial charge is 0.330 e. The Morgan fingerprint density at radius 1 is 1.05 bits per heavy atom. The average molecular weight is 368 g/mol. The summed E-state index contributed by atoms with van der Waals surface area (Å²) in [5.74, 6) is 0.732. The molecule has 22 heavy (non-hydrogen) atoms. The number of aromatic nitrogens is 2. The highest BCUT2D eigenvalue weighted by atomic mass is 35.5. The van der Waals surface area contributed by atoms with Crippen LogP contribution in [0.15, 0.2) is 52.9 Å². The van der Waals surface area contributed by atoms with E-state index >= 15 is 0 Å². The zero-order chi connectivity index (χ0) is 15.4. The third kappa shape index (κ3) is 4.14. The van der Waals surface area contributed by atoms with Gasteiger partial charge in [-0.05, 0) is 29.8 Å². The van der Waals surface area contributed by atoms with E-state index in [-0.39, 0.29) is 0 Å². The fourth-order valence-corrected chi connectivity index (χ4v) is 4.07. The van der Waals surface area contributed by atoms with Crippen molar-refractivity contribution in [1.82, 2.24) is 10.2 Å². The minimum absolute atomic E-state index is 0.643. The van der Waals surface area contributed by atoms with E-state index in [0.717, 1.165) is 26.5 Å². The summed E-state index contributed by atoms with van der Waals surface area (Å²) in [4.78, 5) is 0. The first-order valence-corrected chi connectivity index (χ1v) is 8.99. The van der Waals surface area contributed by atoms with Crippen molar-refractivity contribution in [1.29, 1.82) is 0 Å². The number of hydrogen-bond donors (Lipinski definition) is 1. The lowest BCUT2D eigenvalue weighted by Gasteiger charge is -2.02. The molecule has 0 aliphatic rings. The molecule has 0 aliphatic carbocycles. The molecule has 0 amide bonds. The van der Waals surface area contributed by atoms with Crippen molar-refractivity contribution in [3.05, 3.63) is 64.1 Å². The first kappa shape index (κ1) is 15.6. The van der Waals surface area contributed by atoms with Gasteiger partial charge in [0, 0.05) is 21.5 Å². The normalized spacial score (nSPS) is 10.6. The van der Waals surface area contributed by atoms with Gasteiger partial charge in [-0.25, -0.2) is 0 Å². The molecule has 3 rings (SSSR count). The molecule has 0 aliphatic heterocycles. The lowest BCUT2D eigenvalue weighted by atomic mass is 10.2. The standard InChI is InChI=1S/C15H11Cl2N3S2/c16-11-7-6-10(13(17)8-11)9-21-15-20-19-14(22-15)18-12-4-2-1-3-5-12/h1-8H,9H2,(H,18,19). The molecule has 0 saturated carbocycles. The summed E-state index contributed by atoms with van der Waals surface area (Å²) in [5, 5.41) is 13.6. The molecule has 0 radical (unpaired) electrons. The van der Waals surface area contributed by atoms with Crippen LogP contribution in [0.2, 0.25) is 10.0 Å².